The highest BCUT2D eigenvalue weighted by atomic mass is 32.2. The van der Waals surface area contributed by atoms with Crippen LogP contribution in [0.5, 0.6) is 0 Å². The van der Waals surface area contributed by atoms with Gasteiger partial charge in [-0.15, -0.1) is 0 Å². The molecule has 0 unspecified atom stereocenters. The first-order chi connectivity index (χ1) is 14.8. The van der Waals surface area contributed by atoms with Crippen molar-refractivity contribution >= 4 is 27.2 Å². The molecule has 1 aromatic heterocycles. The third-order valence-electron chi connectivity index (χ3n) is 4.41. The summed E-state index contributed by atoms with van der Waals surface area (Å²) in [6.45, 7) is 5.46. The number of hydrogen-bond acceptors (Lipinski definition) is 4. The molecule has 0 aliphatic carbocycles. The number of carbonyl (C=O) groups excluding carboxylic acids is 1. The molecular weight excluding hydrogens is 450 g/mol. The lowest BCUT2D eigenvalue weighted by atomic mass is 10.0. The quantitative estimate of drug-likeness (QED) is 0.420. The Balaban J connectivity index is 2.15. The molecule has 32 heavy (non-hydrogen) atoms. The van der Waals surface area contributed by atoms with Gasteiger partial charge in [-0.3, -0.25) is 9.52 Å². The van der Waals surface area contributed by atoms with E-state index in [0.29, 0.717) is 12.0 Å². The Hall–Kier alpha value is -2.95. The van der Waals surface area contributed by atoms with E-state index in [1.54, 1.807) is 0 Å². The number of nitrogens with one attached hydrogen (secondary N) is 2. The van der Waals surface area contributed by atoms with Crippen molar-refractivity contribution in [2.75, 3.05) is 11.0 Å². The molecule has 0 fully saturated rings. The van der Waals surface area contributed by atoms with Crippen LogP contribution in [0.15, 0.2) is 36.9 Å². The Bertz CT molecular complexity index is 1120. The highest BCUT2D eigenvalue weighted by Gasteiger charge is 2.33. The number of anilines is 1. The summed E-state index contributed by atoms with van der Waals surface area (Å²) in [7, 11) is -3.65. The average molecular weight is 473 g/mol. The zero-order chi connectivity index (χ0) is 24.1. The van der Waals surface area contributed by atoms with Gasteiger partial charge in [0.2, 0.25) is 10.0 Å². The van der Waals surface area contributed by atoms with E-state index in [2.05, 4.69) is 16.9 Å². The maximum absolute atomic E-state index is 14.1. The lowest BCUT2D eigenvalue weighted by Gasteiger charge is -2.14. The van der Waals surface area contributed by atoms with Crippen LogP contribution in [-0.2, 0) is 34.0 Å². The lowest BCUT2D eigenvalue weighted by molar-refractivity contribution is -0.141. The number of nitrogens with zero attached hydrogens (tertiary/aromatic N) is 1. The second-order valence-electron chi connectivity index (χ2n) is 7.14. The van der Waals surface area contributed by atoms with Crippen molar-refractivity contribution < 1.29 is 30.8 Å². The van der Waals surface area contributed by atoms with Crippen LogP contribution in [-0.4, -0.2) is 25.6 Å². The third kappa shape index (κ3) is 7.04. The maximum Gasteiger partial charge on any atom is 0.433 e. The van der Waals surface area contributed by atoms with Gasteiger partial charge in [-0.25, -0.2) is 17.8 Å². The number of amides is 1. The molecule has 0 spiro atoms. The van der Waals surface area contributed by atoms with Gasteiger partial charge < -0.3 is 5.32 Å². The predicted molar refractivity (Wildman–Crippen MR) is 114 cm³/mol. The van der Waals surface area contributed by atoms with E-state index < -0.39 is 33.6 Å². The number of rotatable bonds is 9. The molecule has 174 valence electrons. The lowest BCUT2D eigenvalue weighted by Crippen LogP contribution is -2.24. The van der Waals surface area contributed by atoms with E-state index >= 15 is 0 Å². The first-order valence-electron chi connectivity index (χ1n) is 9.62. The average Bonchev–Trinajstić information content (AvgIpc) is 2.70. The van der Waals surface area contributed by atoms with E-state index in [9.17, 15) is 30.8 Å². The molecule has 0 aliphatic heterocycles. The van der Waals surface area contributed by atoms with E-state index in [1.165, 1.54) is 18.2 Å². The summed E-state index contributed by atoms with van der Waals surface area (Å²) in [5.74, 6) is -1.47. The van der Waals surface area contributed by atoms with Crippen molar-refractivity contribution in [2.24, 2.45) is 0 Å². The monoisotopic (exact) mass is 473 g/mol. The zero-order valence-electron chi connectivity index (χ0n) is 17.5. The molecule has 0 atom stereocenters. The number of unbranched alkanes of at least 4 members (excludes halogenated alkanes) is 1. The fraction of sp³-hybridized carbons (Fsp3) is 0.333. The summed E-state index contributed by atoms with van der Waals surface area (Å²) in [6.07, 6.45) is -2.15. The number of benzene rings is 1. The molecule has 2 N–H and O–H groups in total. The van der Waals surface area contributed by atoms with Crippen molar-refractivity contribution in [3.8, 4) is 0 Å². The molecule has 1 heterocycles. The van der Waals surface area contributed by atoms with Crippen LogP contribution in [0.2, 0.25) is 0 Å². The number of alkyl halides is 3. The van der Waals surface area contributed by atoms with Gasteiger partial charge in [0.1, 0.15) is 11.5 Å². The summed E-state index contributed by atoms with van der Waals surface area (Å²) >= 11 is 0. The number of sulfonamides is 1. The molecular formula is C21H23F4N3O3S. The van der Waals surface area contributed by atoms with E-state index in [0.717, 1.165) is 24.8 Å². The molecule has 1 aromatic carbocycles. The van der Waals surface area contributed by atoms with Crippen molar-refractivity contribution in [3.05, 3.63) is 65.2 Å². The molecule has 2 aromatic rings. The topological polar surface area (TPSA) is 88.2 Å². The van der Waals surface area contributed by atoms with E-state index in [1.807, 2.05) is 11.6 Å². The van der Waals surface area contributed by atoms with Crippen molar-refractivity contribution in [1.82, 2.24) is 10.3 Å². The summed E-state index contributed by atoms with van der Waals surface area (Å²) in [5, 5.41) is 2.53. The molecule has 0 aliphatic rings. The molecule has 1 amide bonds. The Morgan fingerprint density at radius 1 is 1.19 bits per heavy atom. The van der Waals surface area contributed by atoms with Crippen molar-refractivity contribution in [2.45, 2.75) is 38.9 Å². The highest BCUT2D eigenvalue weighted by molar-refractivity contribution is 7.92. The second-order valence-corrected chi connectivity index (χ2v) is 8.89. The summed E-state index contributed by atoms with van der Waals surface area (Å²) in [6, 6.07) is 5.67. The van der Waals surface area contributed by atoms with Gasteiger partial charge in [-0.1, -0.05) is 32.1 Å². The van der Waals surface area contributed by atoms with Crippen LogP contribution >= 0.6 is 0 Å². The number of hydrogen-bond donors (Lipinski definition) is 2. The second kappa shape index (κ2) is 10.1. The highest BCUT2D eigenvalue weighted by Crippen LogP contribution is 2.30. The van der Waals surface area contributed by atoms with Crippen LogP contribution in [0.4, 0.5) is 23.2 Å². The predicted octanol–water partition coefficient (Wildman–Crippen LogP) is 4.28. The van der Waals surface area contributed by atoms with Crippen LogP contribution < -0.4 is 10.0 Å². The fourth-order valence-electron chi connectivity index (χ4n) is 2.83. The van der Waals surface area contributed by atoms with Gasteiger partial charge in [0.05, 0.1) is 11.9 Å². The van der Waals surface area contributed by atoms with Gasteiger partial charge in [-0.05, 0) is 36.6 Å². The largest absolute Gasteiger partial charge is 0.433 e. The summed E-state index contributed by atoms with van der Waals surface area (Å²) in [5.41, 5.74) is -0.651. The third-order valence-corrected chi connectivity index (χ3v) is 5.00. The molecule has 0 saturated heterocycles. The zero-order valence-corrected chi connectivity index (χ0v) is 18.3. The van der Waals surface area contributed by atoms with Gasteiger partial charge >= 0.3 is 6.18 Å². The van der Waals surface area contributed by atoms with Crippen LogP contribution in [0.25, 0.3) is 5.57 Å². The Morgan fingerprint density at radius 3 is 2.44 bits per heavy atom. The number of halogens is 4. The fourth-order valence-corrected chi connectivity index (χ4v) is 3.40. The molecule has 6 nitrogen and oxygen atoms in total. The molecule has 0 bridgehead atoms. The number of pyridine rings is 1. The SMILES string of the molecule is C=C(C(=O)NCc1ccc(NS(C)(=O)=O)c(F)c1)c1ccc(C(F)(F)F)nc1CCCC. The maximum atomic E-state index is 14.1. The standard InChI is InChI=1S/C21H23F4N3O3S/c1-4-5-6-17-15(8-10-19(27-17)21(23,24)25)13(2)20(29)26-12-14-7-9-18(16(22)11-14)28-32(3,30)31/h7-11,28H,2,4-6,12H2,1,3H3,(H,26,29). The normalized spacial score (nSPS) is 11.8. The first kappa shape index (κ1) is 25.3. The smallest absolute Gasteiger partial charge is 0.348 e. The van der Waals surface area contributed by atoms with Crippen molar-refractivity contribution in [3.63, 3.8) is 0 Å². The minimum Gasteiger partial charge on any atom is -0.348 e. The van der Waals surface area contributed by atoms with Gasteiger partial charge in [0.25, 0.3) is 5.91 Å². The van der Waals surface area contributed by atoms with Crippen LogP contribution in [0, 0.1) is 5.82 Å². The van der Waals surface area contributed by atoms with Gasteiger partial charge in [-0.2, -0.15) is 13.2 Å². The van der Waals surface area contributed by atoms with Gasteiger partial charge in [0, 0.05) is 23.4 Å². The Kier molecular flexibility index (Phi) is 8.00. The minimum atomic E-state index is -4.61. The number of carbonyl (C=O) groups is 1. The van der Waals surface area contributed by atoms with E-state index in [-0.39, 0.29) is 35.5 Å². The summed E-state index contributed by atoms with van der Waals surface area (Å²) in [4.78, 5) is 16.2. The van der Waals surface area contributed by atoms with Crippen LogP contribution in [0.3, 0.4) is 0 Å². The molecule has 2 rings (SSSR count). The van der Waals surface area contributed by atoms with Gasteiger partial charge in [0.15, 0.2) is 0 Å². The van der Waals surface area contributed by atoms with E-state index in [4.69, 9.17) is 0 Å². The first-order valence-corrected chi connectivity index (χ1v) is 11.5. The number of aromatic nitrogens is 1. The summed E-state index contributed by atoms with van der Waals surface area (Å²) < 4.78 is 77.6. The Labute approximate surface area is 183 Å². The number of aryl methyl sites for hydroxylation is 1. The molecule has 11 heteroatoms. The van der Waals surface area contributed by atoms with Crippen LogP contribution in [0.1, 0.15) is 42.3 Å². The Morgan fingerprint density at radius 2 is 1.88 bits per heavy atom. The molecule has 0 saturated carbocycles. The van der Waals surface area contributed by atoms with Crippen molar-refractivity contribution in [1.29, 1.82) is 0 Å². The molecule has 0 radical (unpaired) electrons. The minimum absolute atomic E-state index is 0.0619.